The Morgan fingerprint density at radius 2 is 2.05 bits per heavy atom. The molecule has 0 aliphatic rings. The predicted molar refractivity (Wildman–Crippen MR) is 85.5 cm³/mol. The summed E-state index contributed by atoms with van der Waals surface area (Å²) in [6, 6.07) is 6.05. The minimum absolute atomic E-state index is 0.0561. The number of amides is 1. The van der Waals surface area contributed by atoms with Crippen LogP contribution in [0.4, 0.5) is 11.4 Å². The topological polar surface area (TPSA) is 72.2 Å². The fourth-order valence-corrected chi connectivity index (χ4v) is 3.43. The SMILES string of the molecule is Cc1ccc([N+](=O)[O-])cc1NC(=O)c1cc(Br)c(Br)s1. The summed E-state index contributed by atoms with van der Waals surface area (Å²) < 4.78 is 1.61. The van der Waals surface area contributed by atoms with Crippen molar-refractivity contribution in [3.8, 4) is 0 Å². The van der Waals surface area contributed by atoms with E-state index in [4.69, 9.17) is 0 Å². The van der Waals surface area contributed by atoms with Gasteiger partial charge in [0.15, 0.2) is 0 Å². The van der Waals surface area contributed by atoms with Gasteiger partial charge in [-0.1, -0.05) is 6.07 Å². The average molecular weight is 420 g/mol. The maximum absolute atomic E-state index is 12.1. The van der Waals surface area contributed by atoms with Crippen LogP contribution in [-0.4, -0.2) is 10.8 Å². The zero-order valence-corrected chi connectivity index (χ0v) is 14.1. The number of nitro benzene ring substituents is 1. The molecule has 2 rings (SSSR count). The molecule has 1 aromatic heterocycles. The summed E-state index contributed by atoms with van der Waals surface area (Å²) in [5, 5.41) is 13.4. The molecule has 0 aliphatic carbocycles. The Morgan fingerprint density at radius 1 is 1.35 bits per heavy atom. The minimum atomic E-state index is -0.493. The fraction of sp³-hybridized carbons (Fsp3) is 0.0833. The first kappa shape index (κ1) is 15.1. The van der Waals surface area contributed by atoms with Crippen molar-refractivity contribution in [3.05, 3.63) is 53.1 Å². The molecule has 1 N–H and O–H groups in total. The normalized spacial score (nSPS) is 10.3. The number of benzene rings is 1. The van der Waals surface area contributed by atoms with E-state index in [9.17, 15) is 14.9 Å². The molecule has 0 spiro atoms. The molecule has 5 nitrogen and oxygen atoms in total. The van der Waals surface area contributed by atoms with Crippen molar-refractivity contribution in [2.45, 2.75) is 6.92 Å². The van der Waals surface area contributed by atoms with Crippen molar-refractivity contribution in [1.82, 2.24) is 0 Å². The standard InChI is InChI=1S/C12H8Br2N2O3S/c1-6-2-3-7(16(18)19)4-9(6)15-12(17)10-5-8(13)11(14)20-10/h2-5H,1H3,(H,15,17). The van der Waals surface area contributed by atoms with E-state index >= 15 is 0 Å². The number of thiophene rings is 1. The van der Waals surface area contributed by atoms with E-state index in [1.807, 2.05) is 0 Å². The molecule has 104 valence electrons. The summed E-state index contributed by atoms with van der Waals surface area (Å²) in [5.41, 5.74) is 1.14. The average Bonchev–Trinajstić information content (AvgIpc) is 2.72. The van der Waals surface area contributed by atoms with E-state index in [2.05, 4.69) is 37.2 Å². The number of nitrogens with zero attached hydrogens (tertiary/aromatic N) is 1. The van der Waals surface area contributed by atoms with Gasteiger partial charge in [-0.05, 0) is 50.4 Å². The van der Waals surface area contributed by atoms with Crippen molar-refractivity contribution in [3.63, 3.8) is 0 Å². The predicted octanol–water partition coefficient (Wildman–Crippen LogP) is 4.74. The lowest BCUT2D eigenvalue weighted by Crippen LogP contribution is -2.11. The molecule has 0 saturated carbocycles. The summed E-state index contributed by atoms with van der Waals surface area (Å²) >= 11 is 7.91. The van der Waals surface area contributed by atoms with Crippen molar-refractivity contribution >= 4 is 60.5 Å². The van der Waals surface area contributed by atoms with Gasteiger partial charge < -0.3 is 5.32 Å². The maximum atomic E-state index is 12.1. The first-order chi connectivity index (χ1) is 9.38. The zero-order valence-electron chi connectivity index (χ0n) is 10.1. The van der Waals surface area contributed by atoms with Crippen LogP contribution >= 0.6 is 43.2 Å². The second kappa shape index (κ2) is 6.02. The van der Waals surface area contributed by atoms with Crippen LogP contribution in [0.25, 0.3) is 0 Å². The number of non-ortho nitro benzene ring substituents is 1. The van der Waals surface area contributed by atoms with Crippen LogP contribution in [0, 0.1) is 17.0 Å². The van der Waals surface area contributed by atoms with E-state index in [0.29, 0.717) is 10.6 Å². The molecule has 0 fully saturated rings. The third-order valence-corrected chi connectivity index (χ3v) is 5.80. The highest BCUT2D eigenvalue weighted by Crippen LogP contribution is 2.33. The smallest absolute Gasteiger partial charge is 0.271 e. The van der Waals surface area contributed by atoms with Gasteiger partial charge in [-0.15, -0.1) is 11.3 Å². The number of carbonyl (C=O) groups excluding carboxylic acids is 1. The van der Waals surface area contributed by atoms with E-state index in [0.717, 1.165) is 13.8 Å². The van der Waals surface area contributed by atoms with Gasteiger partial charge in [0.25, 0.3) is 11.6 Å². The van der Waals surface area contributed by atoms with Gasteiger partial charge in [-0.3, -0.25) is 14.9 Å². The van der Waals surface area contributed by atoms with Gasteiger partial charge in [-0.25, -0.2) is 0 Å². The highest BCUT2D eigenvalue weighted by molar-refractivity contribution is 9.13. The Kier molecular flexibility index (Phi) is 4.56. The van der Waals surface area contributed by atoms with Gasteiger partial charge in [-0.2, -0.15) is 0 Å². The van der Waals surface area contributed by atoms with Crippen LogP contribution in [0.1, 0.15) is 15.2 Å². The number of hydrogen-bond donors (Lipinski definition) is 1. The molecule has 20 heavy (non-hydrogen) atoms. The molecule has 8 heteroatoms. The van der Waals surface area contributed by atoms with E-state index in [1.54, 1.807) is 19.1 Å². The van der Waals surface area contributed by atoms with Crippen LogP contribution in [0.3, 0.4) is 0 Å². The third-order valence-electron chi connectivity index (χ3n) is 2.55. The summed E-state index contributed by atoms with van der Waals surface area (Å²) in [7, 11) is 0. The van der Waals surface area contributed by atoms with Crippen molar-refractivity contribution in [2.24, 2.45) is 0 Å². The molecule has 0 atom stereocenters. The van der Waals surface area contributed by atoms with Crippen LogP contribution in [0.15, 0.2) is 32.5 Å². The molecule has 0 bridgehead atoms. The van der Waals surface area contributed by atoms with E-state index in [1.165, 1.54) is 23.5 Å². The molecule has 1 heterocycles. The highest BCUT2D eigenvalue weighted by atomic mass is 79.9. The summed E-state index contributed by atoms with van der Waals surface area (Å²) in [4.78, 5) is 22.9. The molecule has 1 amide bonds. The van der Waals surface area contributed by atoms with Crippen molar-refractivity contribution in [2.75, 3.05) is 5.32 Å². The van der Waals surface area contributed by atoms with Gasteiger partial charge in [0, 0.05) is 16.6 Å². The number of carbonyl (C=O) groups is 1. The number of anilines is 1. The molecule has 0 aliphatic heterocycles. The Hall–Kier alpha value is -1.25. The van der Waals surface area contributed by atoms with Crippen LogP contribution in [0.5, 0.6) is 0 Å². The first-order valence-corrected chi connectivity index (χ1v) is 7.80. The molecule has 2 aromatic rings. The summed E-state index contributed by atoms with van der Waals surface area (Å²) in [5.74, 6) is -0.301. The number of nitrogens with one attached hydrogen (secondary N) is 1. The van der Waals surface area contributed by atoms with E-state index in [-0.39, 0.29) is 11.6 Å². The Balaban J connectivity index is 2.27. The molecular formula is C12H8Br2N2O3S. The lowest BCUT2D eigenvalue weighted by Gasteiger charge is -2.06. The second-order valence-corrected chi connectivity index (χ2v) is 7.17. The second-order valence-electron chi connectivity index (χ2n) is 3.94. The van der Waals surface area contributed by atoms with Crippen molar-refractivity contribution < 1.29 is 9.72 Å². The number of rotatable bonds is 3. The van der Waals surface area contributed by atoms with Crippen LogP contribution in [-0.2, 0) is 0 Å². The lowest BCUT2D eigenvalue weighted by atomic mass is 10.2. The fourth-order valence-electron chi connectivity index (χ4n) is 1.50. The van der Waals surface area contributed by atoms with Crippen LogP contribution < -0.4 is 5.32 Å². The van der Waals surface area contributed by atoms with Crippen molar-refractivity contribution in [1.29, 1.82) is 0 Å². The third kappa shape index (κ3) is 3.25. The molecule has 0 unspecified atom stereocenters. The highest BCUT2D eigenvalue weighted by Gasteiger charge is 2.15. The van der Waals surface area contributed by atoms with E-state index < -0.39 is 4.92 Å². The molecule has 1 aromatic carbocycles. The molecular weight excluding hydrogens is 412 g/mol. The van der Waals surface area contributed by atoms with Gasteiger partial charge in [0.2, 0.25) is 0 Å². The molecule has 0 radical (unpaired) electrons. The summed E-state index contributed by atoms with van der Waals surface area (Å²) in [6.45, 7) is 1.78. The lowest BCUT2D eigenvalue weighted by molar-refractivity contribution is -0.384. The number of aryl methyl sites for hydroxylation is 1. The van der Waals surface area contributed by atoms with Gasteiger partial charge in [0.05, 0.1) is 19.3 Å². The first-order valence-electron chi connectivity index (χ1n) is 5.39. The maximum Gasteiger partial charge on any atom is 0.271 e. The van der Waals surface area contributed by atoms with Gasteiger partial charge >= 0.3 is 0 Å². The monoisotopic (exact) mass is 418 g/mol. The van der Waals surface area contributed by atoms with Gasteiger partial charge in [0.1, 0.15) is 0 Å². The Bertz CT molecular complexity index is 681. The number of halogens is 2. The Morgan fingerprint density at radius 3 is 2.60 bits per heavy atom. The Labute approximate surface area is 135 Å². The molecule has 0 saturated heterocycles. The number of nitro groups is 1. The quantitative estimate of drug-likeness (QED) is 0.576. The summed E-state index contributed by atoms with van der Waals surface area (Å²) in [6.07, 6.45) is 0. The number of hydrogen-bond acceptors (Lipinski definition) is 4. The van der Waals surface area contributed by atoms with Crippen LogP contribution in [0.2, 0.25) is 0 Å². The minimum Gasteiger partial charge on any atom is -0.321 e. The largest absolute Gasteiger partial charge is 0.321 e. The zero-order chi connectivity index (χ0) is 14.9.